The van der Waals surface area contributed by atoms with Crippen molar-refractivity contribution in [3.05, 3.63) is 60.2 Å². The van der Waals surface area contributed by atoms with E-state index in [2.05, 4.69) is 25.7 Å². The number of sulfonamides is 1. The van der Waals surface area contributed by atoms with Gasteiger partial charge in [0.25, 0.3) is 0 Å². The highest BCUT2D eigenvalue weighted by molar-refractivity contribution is 7.89. The van der Waals surface area contributed by atoms with Crippen LogP contribution in [0.1, 0.15) is 26.3 Å². The Morgan fingerprint density at radius 3 is 2.13 bits per heavy atom. The van der Waals surface area contributed by atoms with Gasteiger partial charge in [0.1, 0.15) is 18.5 Å². The van der Waals surface area contributed by atoms with Crippen LogP contribution in [0, 0.1) is 0 Å². The van der Waals surface area contributed by atoms with Crippen LogP contribution in [0.4, 0.5) is 0 Å². The van der Waals surface area contributed by atoms with E-state index in [1.807, 2.05) is 42.5 Å². The van der Waals surface area contributed by atoms with E-state index in [1.165, 1.54) is 4.31 Å². The second-order valence-corrected chi connectivity index (χ2v) is 10.7. The van der Waals surface area contributed by atoms with Crippen LogP contribution in [-0.4, -0.2) is 68.2 Å². The molecule has 0 aromatic heterocycles. The third-order valence-corrected chi connectivity index (χ3v) is 7.26. The highest BCUT2D eigenvalue weighted by Crippen LogP contribution is 2.25. The molecule has 1 heterocycles. The zero-order valence-electron chi connectivity index (χ0n) is 18.0. The Kier molecular flexibility index (Phi) is 7.18. The molecule has 1 fully saturated rings. The van der Waals surface area contributed by atoms with E-state index in [4.69, 9.17) is 4.74 Å². The average molecular weight is 433 g/mol. The molecule has 0 bridgehead atoms. The van der Waals surface area contributed by atoms with Gasteiger partial charge >= 0.3 is 0 Å². The maximum absolute atomic E-state index is 13.0. The molecular weight excluding hydrogens is 400 g/mol. The molecule has 1 saturated heterocycles. The van der Waals surface area contributed by atoms with Crippen LogP contribution < -0.4 is 4.74 Å². The molecule has 7 heteroatoms. The third kappa shape index (κ3) is 5.82. The molecule has 1 N–H and O–H groups in total. The second kappa shape index (κ2) is 9.47. The molecule has 0 radical (unpaired) electrons. The first-order valence-electron chi connectivity index (χ1n) is 10.4. The van der Waals surface area contributed by atoms with Gasteiger partial charge in [-0.2, -0.15) is 4.31 Å². The van der Waals surface area contributed by atoms with Gasteiger partial charge in [0, 0.05) is 32.7 Å². The monoisotopic (exact) mass is 432 g/mol. The molecule has 2 aromatic rings. The minimum Gasteiger partial charge on any atom is -0.491 e. The molecule has 3 rings (SSSR count). The lowest BCUT2D eigenvalue weighted by molar-refractivity contribution is 0.0569. The standard InChI is InChI=1S/C23H32N2O4S/c1-23(2,3)19-9-11-22(12-10-19)30(27,28)25-15-13-24(14-16-25)17-20(26)18-29-21-7-5-4-6-8-21/h4-12,20,26H,13-18H2,1-3H3. The molecule has 0 amide bonds. The lowest BCUT2D eigenvalue weighted by atomic mass is 9.87. The molecule has 1 unspecified atom stereocenters. The number of nitrogens with zero attached hydrogens (tertiary/aromatic N) is 2. The summed E-state index contributed by atoms with van der Waals surface area (Å²) in [5.41, 5.74) is 1.09. The molecule has 0 spiro atoms. The minimum atomic E-state index is -3.50. The summed E-state index contributed by atoms with van der Waals surface area (Å²) in [6.45, 7) is 8.98. The summed E-state index contributed by atoms with van der Waals surface area (Å²) in [5, 5.41) is 10.3. The normalized spacial score (nSPS) is 17.6. The van der Waals surface area contributed by atoms with Gasteiger partial charge in [0.2, 0.25) is 10.0 Å². The van der Waals surface area contributed by atoms with Crippen LogP contribution in [0.2, 0.25) is 0 Å². The summed E-state index contributed by atoms with van der Waals surface area (Å²) >= 11 is 0. The van der Waals surface area contributed by atoms with E-state index in [0.717, 1.165) is 11.3 Å². The number of aliphatic hydroxyl groups excluding tert-OH is 1. The number of ether oxygens (including phenoxy) is 1. The number of hydrogen-bond donors (Lipinski definition) is 1. The molecule has 6 nitrogen and oxygen atoms in total. The Morgan fingerprint density at radius 1 is 0.967 bits per heavy atom. The van der Waals surface area contributed by atoms with E-state index in [0.29, 0.717) is 37.6 Å². The number of aliphatic hydroxyl groups is 1. The Labute approximate surface area is 180 Å². The van der Waals surface area contributed by atoms with Crippen molar-refractivity contribution in [2.75, 3.05) is 39.3 Å². The first kappa shape index (κ1) is 22.7. The van der Waals surface area contributed by atoms with Gasteiger partial charge in [-0.3, -0.25) is 4.90 Å². The Hall–Kier alpha value is -1.93. The molecule has 2 aromatic carbocycles. The van der Waals surface area contributed by atoms with E-state index < -0.39 is 16.1 Å². The number of benzene rings is 2. The largest absolute Gasteiger partial charge is 0.491 e. The molecule has 164 valence electrons. The molecule has 0 aliphatic carbocycles. The SMILES string of the molecule is CC(C)(C)c1ccc(S(=O)(=O)N2CCN(CC(O)COc3ccccc3)CC2)cc1. The quantitative estimate of drug-likeness (QED) is 0.729. The van der Waals surface area contributed by atoms with Gasteiger partial charge in [-0.05, 0) is 35.2 Å². The fraction of sp³-hybridized carbons (Fsp3) is 0.478. The molecular formula is C23H32N2O4S. The predicted molar refractivity (Wildman–Crippen MR) is 118 cm³/mol. The van der Waals surface area contributed by atoms with Crippen molar-refractivity contribution in [3.63, 3.8) is 0 Å². The van der Waals surface area contributed by atoms with Crippen LogP contribution in [-0.2, 0) is 15.4 Å². The van der Waals surface area contributed by atoms with Gasteiger partial charge < -0.3 is 9.84 Å². The molecule has 1 aliphatic heterocycles. The van der Waals surface area contributed by atoms with Crippen molar-refractivity contribution in [1.82, 2.24) is 9.21 Å². The van der Waals surface area contributed by atoms with E-state index >= 15 is 0 Å². The maximum atomic E-state index is 13.0. The summed E-state index contributed by atoms with van der Waals surface area (Å²) in [6, 6.07) is 16.6. The van der Waals surface area contributed by atoms with E-state index in [-0.39, 0.29) is 12.0 Å². The lowest BCUT2D eigenvalue weighted by Gasteiger charge is -2.35. The second-order valence-electron chi connectivity index (χ2n) is 8.76. The van der Waals surface area contributed by atoms with Gasteiger partial charge in [-0.25, -0.2) is 8.42 Å². The Balaban J connectivity index is 1.50. The number of para-hydroxylation sites is 1. The highest BCUT2D eigenvalue weighted by atomic mass is 32.2. The van der Waals surface area contributed by atoms with Crippen LogP contribution in [0.15, 0.2) is 59.5 Å². The van der Waals surface area contributed by atoms with Gasteiger partial charge in [0.05, 0.1) is 4.90 Å². The van der Waals surface area contributed by atoms with Crippen molar-refractivity contribution < 1.29 is 18.3 Å². The lowest BCUT2D eigenvalue weighted by Crippen LogP contribution is -2.50. The number of hydrogen-bond acceptors (Lipinski definition) is 5. The molecule has 1 atom stereocenters. The van der Waals surface area contributed by atoms with Crippen LogP contribution >= 0.6 is 0 Å². The first-order valence-corrected chi connectivity index (χ1v) is 11.8. The van der Waals surface area contributed by atoms with Gasteiger partial charge in [0.15, 0.2) is 0 Å². The smallest absolute Gasteiger partial charge is 0.243 e. The van der Waals surface area contributed by atoms with Crippen molar-refractivity contribution >= 4 is 10.0 Å². The number of rotatable bonds is 7. The van der Waals surface area contributed by atoms with E-state index in [1.54, 1.807) is 12.1 Å². The van der Waals surface area contributed by atoms with Gasteiger partial charge in [-0.1, -0.05) is 51.1 Å². The third-order valence-electron chi connectivity index (χ3n) is 5.34. The van der Waals surface area contributed by atoms with E-state index in [9.17, 15) is 13.5 Å². The zero-order valence-corrected chi connectivity index (χ0v) is 18.8. The molecule has 0 saturated carbocycles. The summed E-state index contributed by atoms with van der Waals surface area (Å²) in [6.07, 6.45) is -0.627. The van der Waals surface area contributed by atoms with Crippen molar-refractivity contribution in [2.24, 2.45) is 0 Å². The van der Waals surface area contributed by atoms with Crippen LogP contribution in [0.25, 0.3) is 0 Å². The first-order chi connectivity index (χ1) is 14.2. The average Bonchev–Trinajstić information content (AvgIpc) is 2.73. The van der Waals surface area contributed by atoms with Gasteiger partial charge in [-0.15, -0.1) is 0 Å². The fourth-order valence-corrected chi connectivity index (χ4v) is 4.91. The number of β-amino-alcohol motifs (C(OH)–C–C–N with tert-alkyl or cyclic N) is 1. The minimum absolute atomic E-state index is 0.0149. The van der Waals surface area contributed by atoms with Crippen LogP contribution in [0.5, 0.6) is 5.75 Å². The highest BCUT2D eigenvalue weighted by Gasteiger charge is 2.29. The summed E-state index contributed by atoms with van der Waals surface area (Å²) < 4.78 is 33.1. The zero-order chi connectivity index (χ0) is 21.8. The van der Waals surface area contributed by atoms with Crippen molar-refractivity contribution in [1.29, 1.82) is 0 Å². The predicted octanol–water partition coefficient (Wildman–Crippen LogP) is 2.73. The molecule has 1 aliphatic rings. The Morgan fingerprint density at radius 2 is 1.57 bits per heavy atom. The van der Waals surface area contributed by atoms with Crippen LogP contribution in [0.3, 0.4) is 0 Å². The summed E-state index contributed by atoms with van der Waals surface area (Å²) in [7, 11) is -3.50. The topological polar surface area (TPSA) is 70.1 Å². The Bertz CT molecular complexity index is 900. The number of piperazine rings is 1. The van der Waals surface area contributed by atoms with Crippen molar-refractivity contribution in [3.8, 4) is 5.75 Å². The maximum Gasteiger partial charge on any atom is 0.243 e. The molecule has 30 heavy (non-hydrogen) atoms. The van der Waals surface area contributed by atoms with Crippen molar-refractivity contribution in [2.45, 2.75) is 37.2 Å². The summed E-state index contributed by atoms with van der Waals surface area (Å²) in [5.74, 6) is 0.727. The summed E-state index contributed by atoms with van der Waals surface area (Å²) in [4.78, 5) is 2.41. The fourth-order valence-electron chi connectivity index (χ4n) is 3.49.